The molecule has 3 rings (SSSR count). The molecule has 1 aliphatic rings. The Labute approximate surface area is 171 Å². The molecule has 5 nitrogen and oxygen atoms in total. The number of hydrogen-bond acceptors (Lipinski definition) is 3. The van der Waals surface area contributed by atoms with E-state index < -0.39 is 10.0 Å². The molecular formula is C21H25ClN2O3S. The van der Waals surface area contributed by atoms with Crippen LogP contribution in [0.25, 0.3) is 0 Å². The third-order valence-corrected chi connectivity index (χ3v) is 5.92. The van der Waals surface area contributed by atoms with E-state index in [2.05, 4.69) is 28.2 Å². The lowest BCUT2D eigenvalue weighted by molar-refractivity contribution is 0.0935. The number of halogens is 1. The molecule has 2 aromatic carbocycles. The summed E-state index contributed by atoms with van der Waals surface area (Å²) in [6.07, 6.45) is 6.49. The third-order valence-electron chi connectivity index (χ3n) is 5.01. The minimum Gasteiger partial charge on any atom is -0.345 e. The Bertz CT molecular complexity index is 989. The van der Waals surface area contributed by atoms with Crippen LogP contribution in [0.15, 0.2) is 36.4 Å². The smallest absolute Gasteiger partial charge is 0.253 e. The number of amides is 1. The number of benzene rings is 2. The fraction of sp³-hybridized carbons (Fsp3) is 0.381. The quantitative estimate of drug-likeness (QED) is 0.723. The first-order chi connectivity index (χ1) is 13.3. The maximum absolute atomic E-state index is 12.8. The van der Waals surface area contributed by atoms with Crippen LogP contribution in [0.1, 0.15) is 59.3 Å². The third kappa shape index (κ3) is 5.06. The number of sulfonamides is 1. The van der Waals surface area contributed by atoms with E-state index in [4.69, 9.17) is 11.6 Å². The molecule has 2 N–H and O–H groups in total. The van der Waals surface area contributed by atoms with Crippen LogP contribution in [0.3, 0.4) is 0 Å². The lowest BCUT2D eigenvalue weighted by Gasteiger charge is -2.22. The van der Waals surface area contributed by atoms with Gasteiger partial charge in [0.2, 0.25) is 10.0 Å². The molecule has 0 aromatic heterocycles. The summed E-state index contributed by atoms with van der Waals surface area (Å²) in [5.74, 6) is -0.277. The van der Waals surface area contributed by atoms with Gasteiger partial charge in [0.05, 0.1) is 22.9 Å². The average Bonchev–Trinajstić information content (AvgIpc) is 2.64. The molecule has 1 aliphatic carbocycles. The zero-order valence-electron chi connectivity index (χ0n) is 16.1. The Hall–Kier alpha value is -2.05. The van der Waals surface area contributed by atoms with Crippen LogP contribution >= 0.6 is 11.6 Å². The SMILES string of the molecule is CC[C@@H](NC(=O)c1ccc(NS(C)(=O)=O)cc1Cl)c1ccc2c(c1)CCCC2. The first-order valence-corrected chi connectivity index (χ1v) is 11.7. The predicted octanol–water partition coefficient (Wildman–Crippen LogP) is 4.47. The molecule has 7 heteroatoms. The first kappa shape index (κ1) is 20.7. The van der Waals surface area contributed by atoms with Gasteiger partial charge in [0.15, 0.2) is 0 Å². The number of rotatable bonds is 6. The van der Waals surface area contributed by atoms with Gasteiger partial charge in [-0.25, -0.2) is 8.42 Å². The van der Waals surface area contributed by atoms with Crippen LogP contribution in [0.5, 0.6) is 0 Å². The molecule has 0 radical (unpaired) electrons. The van der Waals surface area contributed by atoms with Gasteiger partial charge in [-0.1, -0.05) is 36.7 Å². The van der Waals surface area contributed by atoms with Crippen molar-refractivity contribution < 1.29 is 13.2 Å². The zero-order chi connectivity index (χ0) is 20.3. The van der Waals surface area contributed by atoms with Gasteiger partial charge in [-0.15, -0.1) is 0 Å². The Kier molecular flexibility index (Phi) is 6.30. The molecule has 0 aliphatic heterocycles. The van der Waals surface area contributed by atoms with Gasteiger partial charge in [0.1, 0.15) is 0 Å². The Morgan fingerprint density at radius 1 is 1.11 bits per heavy atom. The van der Waals surface area contributed by atoms with E-state index in [1.54, 1.807) is 0 Å². The van der Waals surface area contributed by atoms with Crippen LogP contribution in [0.4, 0.5) is 5.69 Å². The summed E-state index contributed by atoms with van der Waals surface area (Å²) in [5, 5.41) is 3.25. The lowest BCUT2D eigenvalue weighted by atomic mass is 9.88. The molecule has 2 aromatic rings. The molecule has 150 valence electrons. The Balaban J connectivity index is 1.77. The molecular weight excluding hydrogens is 396 g/mol. The highest BCUT2D eigenvalue weighted by Gasteiger charge is 2.19. The number of carbonyl (C=O) groups excluding carboxylic acids is 1. The Morgan fingerprint density at radius 3 is 2.46 bits per heavy atom. The average molecular weight is 421 g/mol. The predicted molar refractivity (Wildman–Crippen MR) is 114 cm³/mol. The van der Waals surface area contributed by atoms with E-state index in [0.29, 0.717) is 11.3 Å². The van der Waals surface area contributed by atoms with Gasteiger partial charge in [-0.3, -0.25) is 9.52 Å². The molecule has 0 saturated carbocycles. The number of aryl methyl sites for hydroxylation is 2. The number of nitrogens with one attached hydrogen (secondary N) is 2. The second-order valence-electron chi connectivity index (χ2n) is 7.24. The van der Waals surface area contributed by atoms with Crippen LogP contribution in [0.2, 0.25) is 5.02 Å². The standard InChI is InChI=1S/C21H25ClN2O3S/c1-3-20(16-9-8-14-6-4-5-7-15(14)12-16)23-21(25)18-11-10-17(13-19(18)22)24-28(2,26)27/h8-13,20,24H,3-7H2,1-2H3,(H,23,25)/t20-/m1/s1. The van der Waals surface area contributed by atoms with Crippen molar-refractivity contribution in [1.82, 2.24) is 5.32 Å². The fourth-order valence-electron chi connectivity index (χ4n) is 3.60. The highest BCUT2D eigenvalue weighted by atomic mass is 35.5. The summed E-state index contributed by atoms with van der Waals surface area (Å²) in [7, 11) is -3.40. The maximum Gasteiger partial charge on any atom is 0.253 e. The summed E-state index contributed by atoms with van der Waals surface area (Å²) in [6, 6.07) is 10.9. The summed E-state index contributed by atoms with van der Waals surface area (Å²) in [5.41, 5.74) is 4.53. The topological polar surface area (TPSA) is 75.3 Å². The molecule has 1 atom stereocenters. The summed E-state index contributed by atoms with van der Waals surface area (Å²) >= 11 is 6.22. The summed E-state index contributed by atoms with van der Waals surface area (Å²) < 4.78 is 25.0. The van der Waals surface area contributed by atoms with Crippen molar-refractivity contribution in [3.8, 4) is 0 Å². The highest BCUT2D eigenvalue weighted by Crippen LogP contribution is 2.27. The summed E-state index contributed by atoms with van der Waals surface area (Å²) in [6.45, 7) is 2.03. The van der Waals surface area contributed by atoms with Crippen molar-refractivity contribution in [2.75, 3.05) is 11.0 Å². The van der Waals surface area contributed by atoms with Crippen LogP contribution in [0, 0.1) is 0 Å². The van der Waals surface area contributed by atoms with E-state index in [0.717, 1.165) is 31.1 Å². The minimum atomic E-state index is -3.40. The van der Waals surface area contributed by atoms with Gasteiger partial charge in [-0.2, -0.15) is 0 Å². The molecule has 1 amide bonds. The van der Waals surface area contributed by atoms with Crippen LogP contribution < -0.4 is 10.0 Å². The van der Waals surface area contributed by atoms with Gasteiger partial charge >= 0.3 is 0 Å². The molecule has 0 spiro atoms. The molecule has 0 bridgehead atoms. The lowest BCUT2D eigenvalue weighted by Crippen LogP contribution is -2.28. The normalized spacial score (nSPS) is 14.8. The summed E-state index contributed by atoms with van der Waals surface area (Å²) in [4.78, 5) is 12.8. The van der Waals surface area contributed by atoms with Crippen molar-refractivity contribution in [1.29, 1.82) is 0 Å². The van der Waals surface area contributed by atoms with Crippen molar-refractivity contribution in [2.45, 2.75) is 45.1 Å². The first-order valence-electron chi connectivity index (χ1n) is 9.46. The largest absolute Gasteiger partial charge is 0.345 e. The number of hydrogen-bond donors (Lipinski definition) is 2. The zero-order valence-corrected chi connectivity index (χ0v) is 17.7. The molecule has 0 fully saturated rings. The van der Waals surface area contributed by atoms with E-state index in [1.165, 1.54) is 42.2 Å². The van der Waals surface area contributed by atoms with E-state index in [-0.39, 0.29) is 17.0 Å². The number of anilines is 1. The van der Waals surface area contributed by atoms with Crippen molar-refractivity contribution in [3.05, 3.63) is 63.7 Å². The van der Waals surface area contributed by atoms with Crippen LogP contribution in [-0.2, 0) is 22.9 Å². The van der Waals surface area contributed by atoms with E-state index in [1.807, 2.05) is 6.92 Å². The highest BCUT2D eigenvalue weighted by molar-refractivity contribution is 7.92. The van der Waals surface area contributed by atoms with Gasteiger partial charge < -0.3 is 5.32 Å². The maximum atomic E-state index is 12.8. The van der Waals surface area contributed by atoms with E-state index >= 15 is 0 Å². The number of carbonyl (C=O) groups is 1. The van der Waals surface area contributed by atoms with E-state index in [9.17, 15) is 13.2 Å². The monoisotopic (exact) mass is 420 g/mol. The van der Waals surface area contributed by atoms with Crippen molar-refractivity contribution >= 4 is 33.2 Å². The molecule has 0 unspecified atom stereocenters. The van der Waals surface area contributed by atoms with Gasteiger partial charge in [0.25, 0.3) is 5.91 Å². The van der Waals surface area contributed by atoms with Crippen molar-refractivity contribution in [2.24, 2.45) is 0 Å². The second kappa shape index (κ2) is 8.53. The fourth-order valence-corrected chi connectivity index (χ4v) is 4.43. The Morgan fingerprint density at radius 2 is 1.82 bits per heavy atom. The van der Waals surface area contributed by atoms with Crippen molar-refractivity contribution in [3.63, 3.8) is 0 Å². The van der Waals surface area contributed by atoms with Gasteiger partial charge in [-0.05, 0) is 67.0 Å². The minimum absolute atomic E-state index is 0.107. The molecule has 0 saturated heterocycles. The van der Waals surface area contributed by atoms with Gasteiger partial charge in [0, 0.05) is 5.69 Å². The molecule has 28 heavy (non-hydrogen) atoms. The van der Waals surface area contributed by atoms with Crippen LogP contribution in [-0.4, -0.2) is 20.6 Å². The number of fused-ring (bicyclic) bond motifs is 1. The molecule has 0 heterocycles. The second-order valence-corrected chi connectivity index (χ2v) is 9.39.